The van der Waals surface area contributed by atoms with Gasteiger partial charge in [0.1, 0.15) is 0 Å². The highest BCUT2D eigenvalue weighted by atomic mass is 32.2. The molecule has 1 fully saturated rings. The number of likely N-dealkylation sites (tertiary alicyclic amines) is 1. The lowest BCUT2D eigenvalue weighted by Gasteiger charge is -2.46. The summed E-state index contributed by atoms with van der Waals surface area (Å²) in [6, 6.07) is 16.7. The molecule has 0 aliphatic carbocycles. The molecule has 2 nitrogen and oxygen atoms in total. The highest BCUT2D eigenvalue weighted by molar-refractivity contribution is 8.00. The van der Waals surface area contributed by atoms with E-state index in [1.54, 1.807) is 0 Å². The number of quaternary nitrogens is 1. The molecule has 2 aliphatic heterocycles. The van der Waals surface area contributed by atoms with Gasteiger partial charge in [-0.1, -0.05) is 37.7 Å². The summed E-state index contributed by atoms with van der Waals surface area (Å²) in [6.07, 6.45) is 8.98. The van der Waals surface area contributed by atoms with Gasteiger partial charge in [0.15, 0.2) is 0 Å². The lowest BCUT2D eigenvalue weighted by atomic mass is 9.94. The van der Waals surface area contributed by atoms with E-state index < -0.39 is 0 Å². The number of piperidine rings is 1. The lowest BCUT2D eigenvalue weighted by Crippen LogP contribution is -2.56. The molecule has 2 aliphatic rings. The number of rotatable bonds is 7. The second kappa shape index (κ2) is 9.58. The Morgan fingerprint density at radius 3 is 2.70 bits per heavy atom. The first kappa shape index (κ1) is 22.1. The maximum atomic E-state index is 2.61. The Kier molecular flexibility index (Phi) is 7.06. The first-order valence-corrected chi connectivity index (χ1v) is 13.6. The minimum atomic E-state index is 0.784. The van der Waals surface area contributed by atoms with Crippen LogP contribution in [-0.4, -0.2) is 43.5 Å². The Balaban J connectivity index is 1.58. The van der Waals surface area contributed by atoms with Crippen molar-refractivity contribution >= 4 is 34.9 Å². The van der Waals surface area contributed by atoms with Crippen molar-refractivity contribution < 1.29 is 4.48 Å². The van der Waals surface area contributed by atoms with Crippen LogP contribution in [0.2, 0.25) is 0 Å². The Hall–Kier alpha value is -1.10. The fraction of sp³-hybridized carbons (Fsp3) is 0.538. The molecule has 0 amide bonds. The molecule has 0 spiro atoms. The molecule has 0 aromatic heterocycles. The van der Waals surface area contributed by atoms with Gasteiger partial charge in [0.25, 0.3) is 0 Å². The van der Waals surface area contributed by atoms with Crippen molar-refractivity contribution in [2.24, 2.45) is 5.92 Å². The second-order valence-corrected chi connectivity index (χ2v) is 11.6. The standard InChI is InChI=1S/C26H37N2S2/c1-20(2)15-18-28(3)17-8-7-9-21(28)14-16-27-23-10-5-6-11-25(23)30-26-13-12-22(29-4)19-24(26)27/h5-6,10-13,19-21H,7-9,14-18H2,1-4H3/q+1. The van der Waals surface area contributed by atoms with Gasteiger partial charge in [0.2, 0.25) is 0 Å². The molecule has 30 heavy (non-hydrogen) atoms. The Morgan fingerprint density at radius 1 is 1.10 bits per heavy atom. The van der Waals surface area contributed by atoms with Gasteiger partial charge in [0, 0.05) is 27.7 Å². The number of benzene rings is 2. The number of hydrogen-bond donors (Lipinski definition) is 0. The van der Waals surface area contributed by atoms with Crippen LogP contribution in [0.3, 0.4) is 0 Å². The monoisotopic (exact) mass is 441 g/mol. The summed E-state index contributed by atoms with van der Waals surface area (Å²) in [5.41, 5.74) is 2.79. The number of anilines is 2. The molecule has 4 heteroatoms. The fourth-order valence-corrected chi connectivity index (χ4v) is 6.62. The molecule has 2 unspecified atom stereocenters. The predicted molar refractivity (Wildman–Crippen MR) is 133 cm³/mol. The highest BCUT2D eigenvalue weighted by Crippen LogP contribution is 2.49. The minimum Gasteiger partial charge on any atom is -0.339 e. The largest absolute Gasteiger partial charge is 0.339 e. The van der Waals surface area contributed by atoms with E-state index in [0.29, 0.717) is 0 Å². The van der Waals surface area contributed by atoms with Gasteiger partial charge in [-0.25, -0.2) is 0 Å². The van der Waals surface area contributed by atoms with E-state index in [0.717, 1.165) is 18.5 Å². The maximum Gasteiger partial charge on any atom is 0.0905 e. The van der Waals surface area contributed by atoms with Crippen LogP contribution in [0.25, 0.3) is 0 Å². The second-order valence-electron chi connectivity index (χ2n) is 9.60. The Bertz CT molecular complexity index is 866. The van der Waals surface area contributed by atoms with Gasteiger partial charge in [-0.05, 0) is 68.2 Å². The van der Waals surface area contributed by atoms with Crippen molar-refractivity contribution in [1.29, 1.82) is 0 Å². The van der Waals surface area contributed by atoms with E-state index in [9.17, 15) is 0 Å². The molecule has 2 aromatic carbocycles. The average Bonchev–Trinajstić information content (AvgIpc) is 2.76. The fourth-order valence-electron chi connectivity index (χ4n) is 5.11. The van der Waals surface area contributed by atoms with E-state index >= 15 is 0 Å². The van der Waals surface area contributed by atoms with Crippen LogP contribution in [0.1, 0.15) is 46.0 Å². The molecule has 4 rings (SSSR count). The van der Waals surface area contributed by atoms with Gasteiger partial charge in [-0.3, -0.25) is 0 Å². The van der Waals surface area contributed by atoms with Crippen LogP contribution >= 0.6 is 23.5 Å². The van der Waals surface area contributed by atoms with Crippen LogP contribution < -0.4 is 4.90 Å². The van der Waals surface area contributed by atoms with E-state index in [2.05, 4.69) is 74.5 Å². The number of thioether (sulfide) groups is 1. The van der Waals surface area contributed by atoms with Gasteiger partial charge in [-0.2, -0.15) is 0 Å². The summed E-state index contributed by atoms with van der Waals surface area (Å²) >= 11 is 3.76. The molecule has 2 atom stereocenters. The van der Waals surface area contributed by atoms with Crippen LogP contribution in [0.4, 0.5) is 11.4 Å². The summed E-state index contributed by atoms with van der Waals surface area (Å²) in [5, 5.41) is 0. The molecule has 0 saturated carbocycles. The number of nitrogens with zero attached hydrogens (tertiary/aromatic N) is 2. The molecular formula is C26H37N2S2+. The van der Waals surface area contributed by atoms with Crippen molar-refractivity contribution in [3.05, 3.63) is 42.5 Å². The molecule has 162 valence electrons. The molecule has 0 bridgehead atoms. The summed E-state index contributed by atoms with van der Waals surface area (Å²) in [6.45, 7) is 8.54. The van der Waals surface area contributed by atoms with Crippen LogP contribution in [0, 0.1) is 5.92 Å². The molecule has 2 heterocycles. The van der Waals surface area contributed by atoms with Gasteiger partial charge < -0.3 is 9.38 Å². The first-order valence-electron chi connectivity index (χ1n) is 11.6. The normalized spacial score (nSPS) is 23.4. The Labute approximate surface area is 192 Å². The summed E-state index contributed by atoms with van der Waals surface area (Å²) < 4.78 is 1.28. The molecular weight excluding hydrogens is 404 g/mol. The van der Waals surface area contributed by atoms with E-state index in [1.807, 2.05) is 23.5 Å². The zero-order valence-electron chi connectivity index (χ0n) is 19.1. The van der Waals surface area contributed by atoms with Gasteiger partial charge in [-0.15, -0.1) is 11.8 Å². The summed E-state index contributed by atoms with van der Waals surface area (Å²) in [7, 11) is 2.53. The first-order chi connectivity index (χ1) is 14.5. The number of fused-ring (bicyclic) bond motifs is 2. The average molecular weight is 442 g/mol. The summed E-state index contributed by atoms with van der Waals surface area (Å²) in [4.78, 5) is 6.76. The summed E-state index contributed by atoms with van der Waals surface area (Å²) in [5.74, 6) is 0.797. The van der Waals surface area contributed by atoms with Crippen molar-refractivity contribution in [2.45, 2.75) is 66.7 Å². The van der Waals surface area contributed by atoms with Crippen molar-refractivity contribution in [3.8, 4) is 0 Å². The van der Waals surface area contributed by atoms with Crippen molar-refractivity contribution in [3.63, 3.8) is 0 Å². The quantitative estimate of drug-likeness (QED) is 0.324. The predicted octanol–water partition coefficient (Wildman–Crippen LogP) is 7.45. The minimum absolute atomic E-state index is 0.784. The van der Waals surface area contributed by atoms with E-state index in [4.69, 9.17) is 0 Å². The third-order valence-corrected chi connectivity index (χ3v) is 8.93. The number of hydrogen-bond acceptors (Lipinski definition) is 3. The zero-order chi connectivity index (χ0) is 21.1. The van der Waals surface area contributed by atoms with Crippen LogP contribution in [0.15, 0.2) is 57.2 Å². The van der Waals surface area contributed by atoms with Crippen molar-refractivity contribution in [1.82, 2.24) is 0 Å². The van der Waals surface area contributed by atoms with Crippen LogP contribution in [-0.2, 0) is 0 Å². The smallest absolute Gasteiger partial charge is 0.0905 e. The molecule has 0 N–H and O–H groups in total. The third-order valence-electron chi connectivity index (χ3n) is 7.07. The molecule has 2 aromatic rings. The molecule has 1 saturated heterocycles. The Morgan fingerprint density at radius 2 is 1.90 bits per heavy atom. The zero-order valence-corrected chi connectivity index (χ0v) is 20.7. The lowest BCUT2D eigenvalue weighted by molar-refractivity contribution is -0.938. The molecule has 0 radical (unpaired) electrons. The van der Waals surface area contributed by atoms with Gasteiger partial charge >= 0.3 is 0 Å². The number of para-hydroxylation sites is 1. The van der Waals surface area contributed by atoms with Crippen molar-refractivity contribution in [2.75, 3.05) is 37.8 Å². The third kappa shape index (κ3) is 4.71. The SMILES string of the molecule is CSc1ccc2c(c1)N(CCC1CCCC[N+]1(C)CCC(C)C)c1ccccc1S2. The van der Waals surface area contributed by atoms with E-state index in [-0.39, 0.29) is 0 Å². The van der Waals surface area contributed by atoms with Crippen LogP contribution in [0.5, 0.6) is 0 Å². The van der Waals surface area contributed by atoms with Gasteiger partial charge in [0.05, 0.1) is 37.6 Å². The highest BCUT2D eigenvalue weighted by Gasteiger charge is 2.36. The topological polar surface area (TPSA) is 3.24 Å². The maximum absolute atomic E-state index is 2.61. The van der Waals surface area contributed by atoms with E-state index in [1.165, 1.54) is 75.7 Å².